The van der Waals surface area contributed by atoms with Crippen LogP contribution in [-0.4, -0.2) is 30.9 Å². The zero-order chi connectivity index (χ0) is 10.9. The third-order valence-electron chi connectivity index (χ3n) is 2.52. The lowest BCUT2D eigenvalue weighted by Gasteiger charge is -2.15. The van der Waals surface area contributed by atoms with Gasteiger partial charge in [-0.3, -0.25) is 0 Å². The Kier molecular flexibility index (Phi) is 9.80. The highest BCUT2D eigenvalue weighted by Gasteiger charge is 1.97. The number of aryl methyl sites for hydroxylation is 1. The molecule has 0 spiro atoms. The van der Waals surface area contributed by atoms with Crippen molar-refractivity contribution in [2.75, 3.05) is 26.0 Å². The number of benzene rings is 1. The van der Waals surface area contributed by atoms with E-state index in [-0.39, 0.29) is 12.4 Å². The minimum atomic E-state index is 0. The minimum Gasteiger partial charge on any atom is -0.306 e. The van der Waals surface area contributed by atoms with Crippen LogP contribution in [0.5, 0.6) is 0 Å². The SMILES string of the molecule is CN(CCCCl)CCCc1ccccc1.Cl. The Hall–Kier alpha value is -0.240. The van der Waals surface area contributed by atoms with E-state index in [1.807, 2.05) is 0 Å². The molecule has 0 heterocycles. The molecule has 1 rings (SSSR count). The number of alkyl halides is 1. The van der Waals surface area contributed by atoms with Gasteiger partial charge < -0.3 is 4.90 Å². The summed E-state index contributed by atoms with van der Waals surface area (Å²) in [6, 6.07) is 10.7. The summed E-state index contributed by atoms with van der Waals surface area (Å²) in [6.07, 6.45) is 3.48. The Morgan fingerprint density at radius 3 is 2.31 bits per heavy atom. The van der Waals surface area contributed by atoms with Crippen molar-refractivity contribution >= 4 is 24.0 Å². The Morgan fingerprint density at radius 2 is 1.69 bits per heavy atom. The summed E-state index contributed by atoms with van der Waals surface area (Å²) in [5.74, 6) is 0.767. The van der Waals surface area contributed by atoms with Gasteiger partial charge in [-0.25, -0.2) is 0 Å². The van der Waals surface area contributed by atoms with E-state index in [0.29, 0.717) is 0 Å². The molecule has 0 bridgehead atoms. The molecule has 0 unspecified atom stereocenters. The maximum Gasteiger partial charge on any atom is 0.0235 e. The lowest BCUT2D eigenvalue weighted by atomic mass is 10.1. The third-order valence-corrected chi connectivity index (χ3v) is 2.79. The van der Waals surface area contributed by atoms with Gasteiger partial charge in [0.25, 0.3) is 0 Å². The normalized spacial score (nSPS) is 10.2. The van der Waals surface area contributed by atoms with Crippen LogP contribution in [0.4, 0.5) is 0 Å². The molecule has 92 valence electrons. The summed E-state index contributed by atoms with van der Waals surface area (Å²) in [5.41, 5.74) is 1.43. The topological polar surface area (TPSA) is 3.24 Å². The molecule has 16 heavy (non-hydrogen) atoms. The molecule has 0 aliphatic rings. The van der Waals surface area contributed by atoms with Gasteiger partial charge in [0, 0.05) is 5.88 Å². The van der Waals surface area contributed by atoms with E-state index in [1.165, 1.54) is 18.4 Å². The van der Waals surface area contributed by atoms with Crippen LogP contribution >= 0.6 is 24.0 Å². The molecule has 3 heteroatoms. The van der Waals surface area contributed by atoms with E-state index in [1.54, 1.807) is 0 Å². The molecule has 0 aliphatic carbocycles. The predicted molar refractivity (Wildman–Crippen MR) is 74.8 cm³/mol. The Balaban J connectivity index is 0.00000225. The third kappa shape index (κ3) is 7.10. The molecule has 0 atom stereocenters. The van der Waals surface area contributed by atoms with Gasteiger partial charge in [0.2, 0.25) is 0 Å². The standard InChI is InChI=1S/C13H20ClN.ClH/c1-15(12-6-10-14)11-5-9-13-7-3-2-4-8-13;/h2-4,7-8H,5-6,9-12H2,1H3;1H. The first-order chi connectivity index (χ1) is 7.33. The van der Waals surface area contributed by atoms with E-state index in [2.05, 4.69) is 42.3 Å². The molecule has 1 aromatic carbocycles. The van der Waals surface area contributed by atoms with Gasteiger partial charge in [-0.05, 0) is 45.0 Å². The highest BCUT2D eigenvalue weighted by molar-refractivity contribution is 6.17. The summed E-state index contributed by atoms with van der Waals surface area (Å²) in [7, 11) is 2.16. The van der Waals surface area contributed by atoms with Crippen LogP contribution in [0.1, 0.15) is 18.4 Å². The van der Waals surface area contributed by atoms with E-state index in [4.69, 9.17) is 11.6 Å². The average Bonchev–Trinajstić information content (AvgIpc) is 2.28. The molecule has 0 saturated heterocycles. The largest absolute Gasteiger partial charge is 0.306 e. The maximum atomic E-state index is 5.65. The van der Waals surface area contributed by atoms with Crippen LogP contribution in [0.15, 0.2) is 30.3 Å². The van der Waals surface area contributed by atoms with Crippen molar-refractivity contribution in [1.29, 1.82) is 0 Å². The highest BCUT2D eigenvalue weighted by Crippen LogP contribution is 2.03. The van der Waals surface area contributed by atoms with Crippen LogP contribution in [0.2, 0.25) is 0 Å². The number of hydrogen-bond donors (Lipinski definition) is 0. The van der Waals surface area contributed by atoms with Crippen LogP contribution in [0.25, 0.3) is 0 Å². The lowest BCUT2D eigenvalue weighted by Crippen LogP contribution is -2.21. The molecule has 0 saturated carbocycles. The van der Waals surface area contributed by atoms with Crippen molar-refractivity contribution in [2.45, 2.75) is 19.3 Å². The van der Waals surface area contributed by atoms with E-state index < -0.39 is 0 Å². The van der Waals surface area contributed by atoms with Crippen LogP contribution in [0.3, 0.4) is 0 Å². The molecule has 0 fully saturated rings. The highest BCUT2D eigenvalue weighted by atomic mass is 35.5. The van der Waals surface area contributed by atoms with Crippen LogP contribution in [0, 0.1) is 0 Å². The maximum absolute atomic E-state index is 5.65. The fourth-order valence-corrected chi connectivity index (χ4v) is 1.76. The second-order valence-corrected chi connectivity index (χ2v) is 4.31. The van der Waals surface area contributed by atoms with Crippen molar-refractivity contribution in [3.05, 3.63) is 35.9 Å². The molecule has 1 aromatic rings. The fraction of sp³-hybridized carbons (Fsp3) is 0.538. The first-order valence-electron chi connectivity index (χ1n) is 5.61. The van der Waals surface area contributed by atoms with Crippen molar-refractivity contribution in [2.24, 2.45) is 0 Å². The van der Waals surface area contributed by atoms with E-state index in [0.717, 1.165) is 25.4 Å². The molecule has 1 nitrogen and oxygen atoms in total. The van der Waals surface area contributed by atoms with E-state index in [9.17, 15) is 0 Å². The predicted octanol–water partition coefficient (Wildman–Crippen LogP) is 3.60. The number of nitrogens with zero attached hydrogens (tertiary/aromatic N) is 1. The molecular formula is C13H21Cl2N. The Labute approximate surface area is 110 Å². The summed E-state index contributed by atoms with van der Waals surface area (Å²) in [6.45, 7) is 2.27. The minimum absolute atomic E-state index is 0. The Bertz CT molecular complexity index is 251. The van der Waals surface area contributed by atoms with Crippen LogP contribution in [-0.2, 0) is 6.42 Å². The summed E-state index contributed by atoms with van der Waals surface area (Å²) in [5, 5.41) is 0. The van der Waals surface area contributed by atoms with Crippen LogP contribution < -0.4 is 0 Å². The second-order valence-electron chi connectivity index (χ2n) is 3.93. The molecule has 0 aromatic heterocycles. The van der Waals surface area contributed by atoms with Gasteiger partial charge in [0.1, 0.15) is 0 Å². The van der Waals surface area contributed by atoms with Gasteiger partial charge in [0.05, 0.1) is 0 Å². The quantitative estimate of drug-likeness (QED) is 0.679. The smallest absolute Gasteiger partial charge is 0.0235 e. The van der Waals surface area contributed by atoms with Gasteiger partial charge in [-0.15, -0.1) is 24.0 Å². The number of hydrogen-bond acceptors (Lipinski definition) is 1. The fourth-order valence-electron chi connectivity index (χ4n) is 1.64. The van der Waals surface area contributed by atoms with Gasteiger partial charge in [-0.2, -0.15) is 0 Å². The van der Waals surface area contributed by atoms with Gasteiger partial charge in [0.15, 0.2) is 0 Å². The van der Waals surface area contributed by atoms with Gasteiger partial charge >= 0.3 is 0 Å². The first-order valence-corrected chi connectivity index (χ1v) is 6.15. The second kappa shape index (κ2) is 9.95. The molecule has 0 radical (unpaired) electrons. The van der Waals surface area contributed by atoms with Crippen molar-refractivity contribution in [3.63, 3.8) is 0 Å². The molecular weight excluding hydrogens is 241 g/mol. The molecule has 0 aliphatic heterocycles. The average molecular weight is 262 g/mol. The summed E-state index contributed by atoms with van der Waals surface area (Å²) < 4.78 is 0. The number of halogens is 2. The zero-order valence-electron chi connectivity index (χ0n) is 9.86. The molecule has 0 amide bonds. The van der Waals surface area contributed by atoms with Crippen molar-refractivity contribution in [1.82, 2.24) is 4.90 Å². The first kappa shape index (κ1) is 15.8. The summed E-state index contributed by atoms with van der Waals surface area (Å²) in [4.78, 5) is 2.35. The summed E-state index contributed by atoms with van der Waals surface area (Å²) >= 11 is 5.65. The molecule has 0 N–H and O–H groups in total. The number of rotatable bonds is 7. The monoisotopic (exact) mass is 261 g/mol. The lowest BCUT2D eigenvalue weighted by molar-refractivity contribution is 0.331. The van der Waals surface area contributed by atoms with Crippen molar-refractivity contribution in [3.8, 4) is 0 Å². The van der Waals surface area contributed by atoms with Crippen molar-refractivity contribution < 1.29 is 0 Å². The van der Waals surface area contributed by atoms with Gasteiger partial charge in [-0.1, -0.05) is 30.3 Å². The Morgan fingerprint density at radius 1 is 1.06 bits per heavy atom. The zero-order valence-corrected chi connectivity index (χ0v) is 11.4. The van der Waals surface area contributed by atoms with E-state index >= 15 is 0 Å².